The number of oxime groups is 1. The number of aromatic nitrogens is 5. The number of carbonyl (C=O) groups excluding carboxylic acids is 2. The molecule has 0 bridgehead atoms. The summed E-state index contributed by atoms with van der Waals surface area (Å²) in [6.07, 6.45) is 0.347. The largest absolute Gasteiger partial charge is 0.478 e. The van der Waals surface area contributed by atoms with Crippen molar-refractivity contribution < 1.29 is 38.8 Å². The molecule has 5 heterocycles. The lowest BCUT2D eigenvalue weighted by Gasteiger charge is -2.49. The predicted molar refractivity (Wildman–Crippen MR) is 158 cm³/mol. The van der Waals surface area contributed by atoms with Crippen molar-refractivity contribution in [2.24, 2.45) is 5.16 Å². The maximum Gasteiger partial charge on any atom is 0.378 e. The number of nitrogens with zero attached hydrogens (tertiary/aromatic N) is 7. The van der Waals surface area contributed by atoms with Gasteiger partial charge in [-0.2, -0.15) is 0 Å². The summed E-state index contributed by atoms with van der Waals surface area (Å²) >= 11 is 8.29. The molecule has 20 heteroatoms. The van der Waals surface area contributed by atoms with Gasteiger partial charge in [-0.05, 0) is 26.1 Å². The number of aliphatic carboxylic acids is 2. The topological polar surface area (TPSA) is 231 Å². The van der Waals surface area contributed by atoms with E-state index in [0.29, 0.717) is 24.3 Å². The van der Waals surface area contributed by atoms with Crippen LogP contribution in [0, 0.1) is 0 Å². The minimum absolute atomic E-state index is 0.00750. The molecule has 1 saturated heterocycles. The van der Waals surface area contributed by atoms with Crippen LogP contribution in [0.5, 0.6) is 0 Å². The van der Waals surface area contributed by atoms with Gasteiger partial charge in [0.25, 0.3) is 11.8 Å². The van der Waals surface area contributed by atoms with Crippen molar-refractivity contribution in [3.05, 3.63) is 39.6 Å². The average Bonchev–Trinajstić information content (AvgIpc) is 3.56. The first-order valence-corrected chi connectivity index (χ1v) is 15.2. The van der Waals surface area contributed by atoms with Crippen LogP contribution in [0.1, 0.15) is 12.6 Å². The lowest BCUT2D eigenvalue weighted by Crippen LogP contribution is -2.71. The Morgan fingerprint density at radius 1 is 1.36 bits per heavy atom. The first-order chi connectivity index (χ1) is 21.0. The number of carboxylic acids is 2. The van der Waals surface area contributed by atoms with Crippen LogP contribution < -0.4 is 20.9 Å². The third-order valence-corrected chi connectivity index (χ3v) is 9.13. The number of carbonyl (C=O) groups is 4. The standard InChI is InChI=1S/C24H25ClN10O7S2/c1-10(22(38)39)42-31-14(13-17(25)44-24(26)29-13)19(36)28-15-20(37)35-16(23(40)41)11(9-43-21(15)35)8-33-6-3-4-12-18(33)30-32-34(12)7-5-27-2/h3-4,6,10,15,21,27H,5,7-9H2,1-2H3,(H4-,26,28,29,36,38,39,40,41)/p+1/b31-14-/t10-,15+,21+/m0/s1. The highest BCUT2D eigenvalue weighted by molar-refractivity contribution is 8.00. The monoisotopic (exact) mass is 665 g/mol. The molecular weight excluding hydrogens is 640 g/mol. The summed E-state index contributed by atoms with van der Waals surface area (Å²) in [7, 11) is 1.83. The molecule has 0 aliphatic carbocycles. The SMILES string of the molecule is CNCCn1nnc2c1ccc[n+]2CC1=C(C(=O)O)N2C(=O)[C@@H](NC(=O)/C(=N\O[C@@H](C)C(=O)O)c3nc(N)sc3Cl)[C@H]2SC1. The first-order valence-electron chi connectivity index (χ1n) is 13.0. The summed E-state index contributed by atoms with van der Waals surface area (Å²) in [5.74, 6) is -3.98. The molecular formula is C24H26ClN10O7S2+. The lowest BCUT2D eigenvalue weighted by molar-refractivity contribution is -0.665. The van der Waals surface area contributed by atoms with Crippen LogP contribution in [0.15, 0.2) is 34.8 Å². The Morgan fingerprint density at radius 2 is 2.14 bits per heavy atom. The number of fused-ring (bicyclic) bond motifs is 2. The zero-order chi connectivity index (χ0) is 31.7. The molecule has 232 valence electrons. The second-order valence-electron chi connectivity index (χ2n) is 9.58. The Hall–Kier alpha value is -4.33. The van der Waals surface area contributed by atoms with Crippen molar-refractivity contribution in [2.75, 3.05) is 25.1 Å². The Morgan fingerprint density at radius 3 is 2.80 bits per heavy atom. The Kier molecular flexibility index (Phi) is 9.00. The maximum absolute atomic E-state index is 13.3. The molecule has 0 saturated carbocycles. The van der Waals surface area contributed by atoms with Gasteiger partial charge in [-0.25, -0.2) is 23.8 Å². The van der Waals surface area contributed by atoms with Crippen LogP contribution in [-0.2, 0) is 37.1 Å². The summed E-state index contributed by atoms with van der Waals surface area (Å²) in [6.45, 7) is 2.61. The number of halogens is 1. The first kappa shape index (κ1) is 31.1. The molecule has 0 spiro atoms. The molecule has 17 nitrogen and oxygen atoms in total. The van der Waals surface area contributed by atoms with E-state index in [2.05, 4.69) is 31.1 Å². The van der Waals surface area contributed by atoms with Crippen molar-refractivity contribution in [1.82, 2.24) is 35.5 Å². The zero-order valence-electron chi connectivity index (χ0n) is 23.1. The van der Waals surface area contributed by atoms with Crippen LogP contribution >= 0.6 is 34.7 Å². The van der Waals surface area contributed by atoms with Crippen LogP contribution in [-0.4, -0.2) is 101 Å². The van der Waals surface area contributed by atoms with Gasteiger partial charge in [0, 0.05) is 17.9 Å². The molecule has 3 aromatic rings. The molecule has 6 N–H and O–H groups in total. The van der Waals surface area contributed by atoms with Crippen molar-refractivity contribution >= 4 is 80.5 Å². The highest BCUT2D eigenvalue weighted by Gasteiger charge is 2.54. The normalized spacial score (nSPS) is 19.0. The second kappa shape index (κ2) is 12.7. The molecule has 3 atom stereocenters. The summed E-state index contributed by atoms with van der Waals surface area (Å²) in [5.41, 5.74) is 6.66. The summed E-state index contributed by atoms with van der Waals surface area (Å²) in [4.78, 5) is 60.2. The number of carboxylic acid groups (broad SMARTS) is 2. The molecule has 3 aromatic heterocycles. The third-order valence-electron chi connectivity index (χ3n) is 6.71. The van der Waals surface area contributed by atoms with Crippen LogP contribution in [0.3, 0.4) is 0 Å². The number of nitrogens with one attached hydrogen (secondary N) is 2. The van der Waals surface area contributed by atoms with E-state index in [9.17, 15) is 24.3 Å². The summed E-state index contributed by atoms with van der Waals surface area (Å²) < 4.78 is 3.50. The summed E-state index contributed by atoms with van der Waals surface area (Å²) in [5, 5.41) is 36.2. The van der Waals surface area contributed by atoms with Crippen LogP contribution in [0.25, 0.3) is 11.2 Å². The minimum atomic E-state index is -1.41. The smallest absolute Gasteiger partial charge is 0.378 e. The highest BCUT2D eigenvalue weighted by atomic mass is 35.5. The molecule has 2 aliphatic rings. The number of amides is 2. The molecule has 2 amide bonds. The fourth-order valence-electron chi connectivity index (χ4n) is 4.55. The number of anilines is 1. The number of pyridine rings is 1. The molecule has 0 unspecified atom stereocenters. The van der Waals surface area contributed by atoms with Gasteiger partial charge in [-0.15, -0.1) is 11.8 Å². The predicted octanol–water partition coefficient (Wildman–Crippen LogP) is -0.737. The molecule has 0 radical (unpaired) electrons. The van der Waals surface area contributed by atoms with E-state index in [1.807, 2.05) is 19.2 Å². The van der Waals surface area contributed by atoms with E-state index in [4.69, 9.17) is 27.3 Å². The molecule has 2 aliphatic heterocycles. The van der Waals surface area contributed by atoms with Gasteiger partial charge < -0.3 is 31.4 Å². The van der Waals surface area contributed by atoms with Gasteiger partial charge in [0.05, 0.1) is 18.0 Å². The van der Waals surface area contributed by atoms with Gasteiger partial charge in [0.2, 0.25) is 6.10 Å². The number of nitrogens with two attached hydrogens (primary N) is 1. The van der Waals surface area contributed by atoms with E-state index >= 15 is 0 Å². The van der Waals surface area contributed by atoms with Crippen LogP contribution in [0.2, 0.25) is 4.34 Å². The van der Waals surface area contributed by atoms with Gasteiger partial charge in [0.1, 0.15) is 38.8 Å². The number of hydrogen-bond donors (Lipinski definition) is 5. The molecule has 44 heavy (non-hydrogen) atoms. The number of thioether (sulfide) groups is 1. The molecule has 5 rings (SSSR count). The third kappa shape index (κ3) is 5.90. The summed E-state index contributed by atoms with van der Waals surface area (Å²) in [6, 6.07) is 2.55. The quantitative estimate of drug-likeness (QED) is 0.0695. The van der Waals surface area contributed by atoms with E-state index in [1.54, 1.807) is 15.4 Å². The van der Waals surface area contributed by atoms with E-state index in [1.165, 1.54) is 18.7 Å². The van der Waals surface area contributed by atoms with E-state index < -0.39 is 47.0 Å². The number of likely N-dealkylation sites (N-methyl/N-ethyl adjacent to an activating group) is 1. The second-order valence-corrected chi connectivity index (χ2v) is 12.3. The number of rotatable bonds is 12. The number of nitrogen functional groups attached to an aromatic ring is 1. The Bertz CT molecular complexity index is 1720. The van der Waals surface area contributed by atoms with Gasteiger partial charge in [0.15, 0.2) is 16.4 Å². The number of thiazole rings is 1. The zero-order valence-corrected chi connectivity index (χ0v) is 25.5. The van der Waals surface area contributed by atoms with Crippen molar-refractivity contribution in [3.63, 3.8) is 0 Å². The van der Waals surface area contributed by atoms with Gasteiger partial charge in [-0.1, -0.05) is 28.1 Å². The van der Waals surface area contributed by atoms with E-state index in [-0.39, 0.29) is 33.2 Å². The fraction of sp³-hybridized carbons (Fsp3) is 0.375. The van der Waals surface area contributed by atoms with Crippen molar-refractivity contribution in [1.29, 1.82) is 0 Å². The van der Waals surface area contributed by atoms with Gasteiger partial charge in [-0.3, -0.25) is 14.5 Å². The molecule has 0 aromatic carbocycles. The number of β-lactam (4-membered cyclic amide) rings is 1. The fourth-order valence-corrected chi connectivity index (χ4v) is 6.81. The minimum Gasteiger partial charge on any atom is -0.478 e. The van der Waals surface area contributed by atoms with Crippen molar-refractivity contribution in [2.45, 2.75) is 37.5 Å². The van der Waals surface area contributed by atoms with E-state index in [0.717, 1.165) is 21.8 Å². The maximum atomic E-state index is 13.3. The number of hydrogen-bond acceptors (Lipinski definition) is 13. The average molecular weight is 666 g/mol. The molecule has 1 fully saturated rings. The Balaban J connectivity index is 1.38. The van der Waals surface area contributed by atoms with Crippen molar-refractivity contribution in [3.8, 4) is 0 Å². The highest BCUT2D eigenvalue weighted by Crippen LogP contribution is 2.40. The Labute approximate surface area is 261 Å². The van der Waals surface area contributed by atoms with Gasteiger partial charge >= 0.3 is 17.6 Å². The van der Waals surface area contributed by atoms with Crippen LogP contribution in [0.4, 0.5) is 5.13 Å². The lowest BCUT2D eigenvalue weighted by atomic mass is 10.0.